The van der Waals surface area contributed by atoms with Gasteiger partial charge in [-0.3, -0.25) is 0 Å². The average Bonchev–Trinajstić information content (AvgIpc) is 2.84. The first-order valence-electron chi connectivity index (χ1n) is 6.36. The van der Waals surface area contributed by atoms with E-state index in [-0.39, 0.29) is 12.0 Å². The number of fused-ring (bicyclic) bond motifs is 1. The van der Waals surface area contributed by atoms with Gasteiger partial charge in [0.1, 0.15) is 0 Å². The van der Waals surface area contributed by atoms with Crippen LogP contribution in [0.15, 0.2) is 18.2 Å². The molecule has 0 bridgehead atoms. The quantitative estimate of drug-likeness (QED) is 0.807. The van der Waals surface area contributed by atoms with Crippen molar-refractivity contribution in [2.45, 2.75) is 26.2 Å². The highest BCUT2D eigenvalue weighted by molar-refractivity contribution is 5.44. The smallest absolute Gasteiger partial charge is 0.231 e. The number of hydrogen-bond donors (Lipinski definition) is 2. The standard InChI is InChI=1S/C14H21NO3/c1-14(9-15,6-7-16)5-4-11-2-3-12-13(8-11)18-10-17-12/h2-3,8,16H,4-7,9-10,15H2,1H3. The second-order valence-electron chi connectivity index (χ2n) is 5.18. The van der Waals surface area contributed by atoms with E-state index in [9.17, 15) is 0 Å². The van der Waals surface area contributed by atoms with Gasteiger partial charge in [0.05, 0.1) is 0 Å². The molecule has 18 heavy (non-hydrogen) atoms. The average molecular weight is 251 g/mol. The number of aliphatic hydroxyl groups excluding tert-OH is 1. The molecule has 4 heteroatoms. The highest BCUT2D eigenvalue weighted by Crippen LogP contribution is 2.34. The van der Waals surface area contributed by atoms with E-state index in [0.717, 1.165) is 30.8 Å². The molecule has 0 aromatic heterocycles. The molecule has 0 radical (unpaired) electrons. The van der Waals surface area contributed by atoms with E-state index in [1.165, 1.54) is 5.56 Å². The normalized spacial score (nSPS) is 16.6. The van der Waals surface area contributed by atoms with Crippen molar-refractivity contribution in [2.75, 3.05) is 19.9 Å². The second-order valence-corrected chi connectivity index (χ2v) is 5.18. The molecule has 0 amide bonds. The van der Waals surface area contributed by atoms with Gasteiger partial charge in [-0.2, -0.15) is 0 Å². The van der Waals surface area contributed by atoms with Gasteiger partial charge in [-0.1, -0.05) is 13.0 Å². The van der Waals surface area contributed by atoms with Crippen LogP contribution in [-0.2, 0) is 6.42 Å². The maximum atomic E-state index is 9.06. The third kappa shape index (κ3) is 2.94. The van der Waals surface area contributed by atoms with Crippen molar-refractivity contribution in [3.8, 4) is 11.5 Å². The van der Waals surface area contributed by atoms with E-state index in [1.54, 1.807) is 0 Å². The van der Waals surface area contributed by atoms with Crippen LogP contribution in [0.4, 0.5) is 0 Å². The lowest BCUT2D eigenvalue weighted by Gasteiger charge is -2.27. The molecule has 1 atom stereocenters. The molecule has 2 rings (SSSR count). The molecule has 3 N–H and O–H groups in total. The largest absolute Gasteiger partial charge is 0.454 e. The zero-order valence-corrected chi connectivity index (χ0v) is 10.8. The Balaban J connectivity index is 1.97. The summed E-state index contributed by atoms with van der Waals surface area (Å²) >= 11 is 0. The van der Waals surface area contributed by atoms with Gasteiger partial charge >= 0.3 is 0 Å². The molecule has 1 aromatic carbocycles. The van der Waals surface area contributed by atoms with Gasteiger partial charge in [0.15, 0.2) is 11.5 Å². The lowest BCUT2D eigenvalue weighted by atomic mass is 9.81. The molecule has 0 aliphatic carbocycles. The summed E-state index contributed by atoms with van der Waals surface area (Å²) in [6.45, 7) is 3.22. The number of rotatable bonds is 6. The highest BCUT2D eigenvalue weighted by atomic mass is 16.7. The first-order chi connectivity index (χ1) is 8.67. The van der Waals surface area contributed by atoms with E-state index in [0.29, 0.717) is 13.3 Å². The Morgan fingerprint density at radius 3 is 2.78 bits per heavy atom. The fourth-order valence-corrected chi connectivity index (χ4v) is 2.14. The maximum absolute atomic E-state index is 9.06. The fourth-order valence-electron chi connectivity index (χ4n) is 2.14. The number of hydrogen-bond acceptors (Lipinski definition) is 4. The molecule has 1 aliphatic rings. The van der Waals surface area contributed by atoms with Gasteiger partial charge in [-0.15, -0.1) is 0 Å². The molecule has 0 saturated carbocycles. The molecule has 100 valence electrons. The molecule has 0 spiro atoms. The molecule has 1 unspecified atom stereocenters. The summed E-state index contributed by atoms with van der Waals surface area (Å²) in [5.74, 6) is 1.64. The Hall–Kier alpha value is -1.26. The zero-order valence-electron chi connectivity index (χ0n) is 10.8. The fraction of sp³-hybridized carbons (Fsp3) is 0.571. The van der Waals surface area contributed by atoms with Crippen LogP contribution in [0.2, 0.25) is 0 Å². The number of nitrogens with two attached hydrogens (primary N) is 1. The van der Waals surface area contributed by atoms with Crippen LogP contribution in [0.5, 0.6) is 11.5 Å². The Labute approximate surface area is 108 Å². The second kappa shape index (κ2) is 5.59. The van der Waals surface area contributed by atoms with Crippen LogP contribution in [0.1, 0.15) is 25.3 Å². The lowest BCUT2D eigenvalue weighted by molar-refractivity contribution is 0.174. The summed E-state index contributed by atoms with van der Waals surface area (Å²) < 4.78 is 10.6. The topological polar surface area (TPSA) is 64.7 Å². The van der Waals surface area contributed by atoms with Gasteiger partial charge in [-0.05, 0) is 48.9 Å². The SMILES string of the molecule is CC(CN)(CCO)CCc1ccc2c(c1)OCO2. The third-order valence-corrected chi connectivity index (χ3v) is 3.66. The van der Waals surface area contributed by atoms with Crippen molar-refractivity contribution < 1.29 is 14.6 Å². The van der Waals surface area contributed by atoms with Crippen LogP contribution < -0.4 is 15.2 Å². The molecule has 4 nitrogen and oxygen atoms in total. The van der Waals surface area contributed by atoms with Gasteiger partial charge in [-0.25, -0.2) is 0 Å². The van der Waals surface area contributed by atoms with Crippen LogP contribution in [0.3, 0.4) is 0 Å². The Morgan fingerprint density at radius 2 is 2.06 bits per heavy atom. The number of ether oxygens (including phenoxy) is 2. The van der Waals surface area contributed by atoms with Gasteiger partial charge in [0.2, 0.25) is 6.79 Å². The van der Waals surface area contributed by atoms with Crippen LogP contribution in [0.25, 0.3) is 0 Å². The first kappa shape index (κ1) is 13.2. The van der Waals surface area contributed by atoms with Crippen molar-refractivity contribution in [2.24, 2.45) is 11.1 Å². The van der Waals surface area contributed by atoms with Gasteiger partial charge < -0.3 is 20.3 Å². The first-order valence-corrected chi connectivity index (χ1v) is 6.36. The molecule has 0 fully saturated rings. The summed E-state index contributed by atoms with van der Waals surface area (Å²) in [6.07, 6.45) is 2.64. The monoisotopic (exact) mass is 251 g/mol. The molecule has 1 aliphatic heterocycles. The highest BCUT2D eigenvalue weighted by Gasteiger charge is 2.22. The number of aryl methyl sites for hydroxylation is 1. The summed E-state index contributed by atoms with van der Waals surface area (Å²) in [5.41, 5.74) is 7.02. The van der Waals surface area contributed by atoms with Crippen LogP contribution in [-0.4, -0.2) is 25.1 Å². The van der Waals surface area contributed by atoms with Crippen LogP contribution in [0, 0.1) is 5.41 Å². The summed E-state index contributed by atoms with van der Waals surface area (Å²) in [5, 5.41) is 9.06. The van der Waals surface area contributed by atoms with Crippen molar-refractivity contribution >= 4 is 0 Å². The van der Waals surface area contributed by atoms with E-state index in [4.69, 9.17) is 20.3 Å². The minimum absolute atomic E-state index is 0.00508. The Morgan fingerprint density at radius 1 is 1.28 bits per heavy atom. The predicted molar refractivity (Wildman–Crippen MR) is 69.8 cm³/mol. The van der Waals surface area contributed by atoms with Crippen molar-refractivity contribution in [1.29, 1.82) is 0 Å². The lowest BCUT2D eigenvalue weighted by Crippen LogP contribution is -2.29. The summed E-state index contributed by atoms with van der Waals surface area (Å²) in [6, 6.07) is 6.03. The maximum Gasteiger partial charge on any atom is 0.231 e. The third-order valence-electron chi connectivity index (χ3n) is 3.66. The van der Waals surface area contributed by atoms with E-state index in [2.05, 4.69) is 13.0 Å². The summed E-state index contributed by atoms with van der Waals surface area (Å²) in [4.78, 5) is 0. The molecule has 1 aromatic rings. The van der Waals surface area contributed by atoms with E-state index >= 15 is 0 Å². The number of aliphatic hydroxyl groups is 1. The minimum atomic E-state index is 0.00508. The van der Waals surface area contributed by atoms with Crippen molar-refractivity contribution in [1.82, 2.24) is 0 Å². The molecule has 0 saturated heterocycles. The van der Waals surface area contributed by atoms with E-state index < -0.39 is 0 Å². The molecule has 1 heterocycles. The predicted octanol–water partition coefficient (Wildman–Crippen LogP) is 1.70. The molecular weight excluding hydrogens is 230 g/mol. The van der Waals surface area contributed by atoms with Crippen LogP contribution >= 0.6 is 0 Å². The number of benzene rings is 1. The Kier molecular flexibility index (Phi) is 4.09. The minimum Gasteiger partial charge on any atom is -0.454 e. The van der Waals surface area contributed by atoms with Gasteiger partial charge in [0, 0.05) is 6.61 Å². The van der Waals surface area contributed by atoms with Crippen molar-refractivity contribution in [3.05, 3.63) is 23.8 Å². The van der Waals surface area contributed by atoms with E-state index in [1.807, 2.05) is 12.1 Å². The van der Waals surface area contributed by atoms with Crippen molar-refractivity contribution in [3.63, 3.8) is 0 Å². The summed E-state index contributed by atoms with van der Waals surface area (Å²) in [7, 11) is 0. The Bertz CT molecular complexity index is 408. The molecular formula is C14H21NO3. The zero-order chi connectivity index (χ0) is 13.0. The van der Waals surface area contributed by atoms with Gasteiger partial charge in [0.25, 0.3) is 0 Å².